The lowest BCUT2D eigenvalue weighted by atomic mass is 9.96. The number of aromatic nitrogens is 2. The van der Waals surface area contributed by atoms with Gasteiger partial charge < -0.3 is 9.42 Å². The van der Waals surface area contributed by atoms with E-state index in [1.54, 1.807) is 11.3 Å². The number of piperidine rings is 1. The number of benzene rings is 1. The van der Waals surface area contributed by atoms with Crippen molar-refractivity contribution in [2.45, 2.75) is 32.9 Å². The van der Waals surface area contributed by atoms with Crippen LogP contribution in [-0.4, -0.2) is 45.5 Å². The van der Waals surface area contributed by atoms with E-state index in [0.29, 0.717) is 24.8 Å². The smallest absolute Gasteiger partial charge is 0.246 e. The molecule has 0 aliphatic carbocycles. The minimum Gasteiger partial charge on any atom is -0.337 e. The van der Waals surface area contributed by atoms with E-state index in [-0.39, 0.29) is 11.8 Å². The predicted molar refractivity (Wildman–Crippen MR) is 118 cm³/mol. The van der Waals surface area contributed by atoms with E-state index < -0.39 is 0 Å². The molecule has 1 aromatic carbocycles. The lowest BCUT2D eigenvalue weighted by Gasteiger charge is -2.34. The van der Waals surface area contributed by atoms with Crippen LogP contribution >= 0.6 is 22.9 Å². The van der Waals surface area contributed by atoms with Crippen molar-refractivity contribution >= 4 is 28.8 Å². The summed E-state index contributed by atoms with van der Waals surface area (Å²) in [5.74, 6) is 1.17. The lowest BCUT2D eigenvalue weighted by molar-refractivity contribution is -0.138. The molecule has 0 bridgehead atoms. The van der Waals surface area contributed by atoms with Gasteiger partial charge in [-0.3, -0.25) is 9.69 Å². The molecule has 4 rings (SSSR count). The minimum atomic E-state index is -0.0270. The summed E-state index contributed by atoms with van der Waals surface area (Å²) in [4.78, 5) is 22.8. The van der Waals surface area contributed by atoms with Crippen molar-refractivity contribution in [2.75, 3.05) is 19.6 Å². The van der Waals surface area contributed by atoms with Crippen molar-refractivity contribution in [3.05, 3.63) is 58.3 Å². The first-order valence-electron chi connectivity index (χ1n) is 10.2. The third-order valence-corrected chi connectivity index (χ3v) is 6.67. The molecule has 3 aromatic rings. The van der Waals surface area contributed by atoms with E-state index in [0.717, 1.165) is 47.9 Å². The van der Waals surface area contributed by atoms with Crippen molar-refractivity contribution in [2.24, 2.45) is 5.92 Å². The molecule has 1 amide bonds. The molecule has 1 aliphatic heterocycles. The summed E-state index contributed by atoms with van der Waals surface area (Å²) in [6, 6.07) is 11.8. The van der Waals surface area contributed by atoms with Crippen LogP contribution in [0.1, 0.15) is 31.2 Å². The summed E-state index contributed by atoms with van der Waals surface area (Å²) in [5.41, 5.74) is 1.10. The number of hydrogen-bond donors (Lipinski definition) is 0. The highest BCUT2D eigenvalue weighted by atomic mass is 35.5. The van der Waals surface area contributed by atoms with Gasteiger partial charge in [0.1, 0.15) is 0 Å². The molecule has 158 valence electrons. The van der Waals surface area contributed by atoms with Crippen molar-refractivity contribution in [1.82, 2.24) is 19.9 Å². The summed E-state index contributed by atoms with van der Waals surface area (Å²) in [6.45, 7) is 5.42. The van der Waals surface area contributed by atoms with Crippen molar-refractivity contribution in [3.8, 4) is 10.7 Å². The molecule has 30 heavy (non-hydrogen) atoms. The van der Waals surface area contributed by atoms with Gasteiger partial charge in [0.2, 0.25) is 17.6 Å². The number of nitrogens with zero attached hydrogens (tertiary/aromatic N) is 4. The number of amides is 1. The molecular weight excluding hydrogens is 420 g/mol. The molecule has 0 N–H and O–H groups in total. The highest BCUT2D eigenvalue weighted by Crippen LogP contribution is 2.25. The number of thiophene rings is 1. The van der Waals surface area contributed by atoms with Crippen LogP contribution in [0.4, 0.5) is 0 Å². The lowest BCUT2D eigenvalue weighted by Crippen LogP contribution is -2.44. The quantitative estimate of drug-likeness (QED) is 0.528. The fourth-order valence-electron chi connectivity index (χ4n) is 3.86. The van der Waals surface area contributed by atoms with Crippen molar-refractivity contribution in [1.29, 1.82) is 0 Å². The third kappa shape index (κ3) is 4.91. The van der Waals surface area contributed by atoms with Gasteiger partial charge in [-0.2, -0.15) is 4.98 Å². The fraction of sp³-hybridized carbons (Fsp3) is 0.409. The molecule has 1 aliphatic rings. The Morgan fingerprint density at radius 1 is 1.33 bits per heavy atom. The molecule has 2 aromatic heterocycles. The van der Waals surface area contributed by atoms with Gasteiger partial charge >= 0.3 is 0 Å². The van der Waals surface area contributed by atoms with Crippen LogP contribution in [0.5, 0.6) is 0 Å². The first-order valence-corrected chi connectivity index (χ1v) is 11.5. The summed E-state index contributed by atoms with van der Waals surface area (Å²) < 4.78 is 5.40. The average molecular weight is 445 g/mol. The molecule has 6 nitrogen and oxygen atoms in total. The van der Waals surface area contributed by atoms with Crippen LogP contribution in [0.15, 0.2) is 46.3 Å². The molecule has 0 unspecified atom stereocenters. The van der Waals surface area contributed by atoms with Crippen LogP contribution in [0.25, 0.3) is 10.7 Å². The van der Waals surface area contributed by atoms with E-state index in [1.807, 2.05) is 53.6 Å². The zero-order valence-electron chi connectivity index (χ0n) is 17.0. The van der Waals surface area contributed by atoms with Gasteiger partial charge in [0, 0.05) is 24.7 Å². The van der Waals surface area contributed by atoms with Gasteiger partial charge in [-0.15, -0.1) is 11.3 Å². The standard InChI is InChI=1S/C22H25ClN4O2S/c1-2-27(15-20-24-21(25-29-20)19-10-6-12-30-19)22(28)17-8-5-11-26(14-17)13-16-7-3-4-9-18(16)23/h3-4,6-7,9-10,12,17H,2,5,8,11,13-15H2,1H3/t17-/m0/s1. The predicted octanol–water partition coefficient (Wildman–Crippen LogP) is 4.71. The zero-order valence-corrected chi connectivity index (χ0v) is 18.5. The normalized spacial score (nSPS) is 17.2. The minimum absolute atomic E-state index is 0.0270. The first-order chi connectivity index (χ1) is 14.6. The number of carbonyl (C=O) groups excluding carboxylic acids is 1. The average Bonchev–Trinajstić information content (AvgIpc) is 3.45. The van der Waals surface area contributed by atoms with E-state index in [1.165, 1.54) is 0 Å². The van der Waals surface area contributed by atoms with Gasteiger partial charge in [0.15, 0.2) is 0 Å². The highest BCUT2D eigenvalue weighted by molar-refractivity contribution is 7.13. The van der Waals surface area contributed by atoms with Crippen molar-refractivity contribution < 1.29 is 9.32 Å². The Labute approximate surface area is 185 Å². The van der Waals surface area contributed by atoms with Crippen LogP contribution in [0, 0.1) is 5.92 Å². The van der Waals surface area contributed by atoms with E-state index in [9.17, 15) is 4.79 Å². The molecule has 1 atom stereocenters. The van der Waals surface area contributed by atoms with Gasteiger partial charge in [0.05, 0.1) is 17.3 Å². The number of carbonyl (C=O) groups is 1. The molecule has 1 fully saturated rings. The second kappa shape index (κ2) is 9.73. The third-order valence-electron chi connectivity index (χ3n) is 5.44. The van der Waals surface area contributed by atoms with Gasteiger partial charge in [-0.05, 0) is 49.4 Å². The molecule has 3 heterocycles. The molecule has 0 saturated carbocycles. The molecule has 0 spiro atoms. The van der Waals surface area contributed by atoms with Crippen LogP contribution in [0.3, 0.4) is 0 Å². The monoisotopic (exact) mass is 444 g/mol. The maximum Gasteiger partial charge on any atom is 0.246 e. The maximum absolute atomic E-state index is 13.2. The van der Waals surface area contributed by atoms with E-state index >= 15 is 0 Å². The Morgan fingerprint density at radius 3 is 2.97 bits per heavy atom. The number of rotatable bonds is 7. The number of halogens is 1. The van der Waals surface area contributed by atoms with E-state index in [2.05, 4.69) is 15.0 Å². The largest absolute Gasteiger partial charge is 0.337 e. The second-order valence-corrected chi connectivity index (χ2v) is 8.86. The summed E-state index contributed by atoms with van der Waals surface area (Å²) in [7, 11) is 0. The van der Waals surface area contributed by atoms with Gasteiger partial charge in [0.25, 0.3) is 0 Å². The number of likely N-dealkylation sites (tertiary alicyclic amines) is 1. The fourth-order valence-corrected chi connectivity index (χ4v) is 4.70. The Balaban J connectivity index is 1.38. The Kier molecular flexibility index (Phi) is 6.82. The molecule has 1 saturated heterocycles. The summed E-state index contributed by atoms with van der Waals surface area (Å²) in [5, 5.41) is 6.80. The van der Waals surface area contributed by atoms with Gasteiger partial charge in [-0.25, -0.2) is 0 Å². The molecule has 8 heteroatoms. The topological polar surface area (TPSA) is 62.5 Å². The zero-order chi connectivity index (χ0) is 20.9. The second-order valence-electron chi connectivity index (χ2n) is 7.51. The van der Waals surface area contributed by atoms with Crippen LogP contribution < -0.4 is 0 Å². The Bertz CT molecular complexity index is 975. The van der Waals surface area contributed by atoms with Crippen molar-refractivity contribution in [3.63, 3.8) is 0 Å². The Hall–Kier alpha value is -2.22. The molecule has 0 radical (unpaired) electrons. The first kappa shape index (κ1) is 21.0. The number of hydrogen-bond acceptors (Lipinski definition) is 6. The van der Waals surface area contributed by atoms with Crippen LogP contribution in [-0.2, 0) is 17.9 Å². The summed E-state index contributed by atoms with van der Waals surface area (Å²) >= 11 is 7.88. The van der Waals surface area contributed by atoms with Gasteiger partial charge in [-0.1, -0.05) is 41.0 Å². The SMILES string of the molecule is CCN(Cc1nc(-c2cccs2)no1)C(=O)[C@H]1CCCN(Cc2ccccc2Cl)C1. The summed E-state index contributed by atoms with van der Waals surface area (Å²) in [6.07, 6.45) is 1.90. The van der Waals surface area contributed by atoms with Crippen LogP contribution in [0.2, 0.25) is 5.02 Å². The molecular formula is C22H25ClN4O2S. The highest BCUT2D eigenvalue weighted by Gasteiger charge is 2.30. The Morgan fingerprint density at radius 2 is 2.20 bits per heavy atom. The maximum atomic E-state index is 13.2. The van der Waals surface area contributed by atoms with E-state index in [4.69, 9.17) is 16.1 Å².